The molecule has 0 unspecified atom stereocenters. The van der Waals surface area contributed by atoms with Crippen molar-refractivity contribution in [3.05, 3.63) is 51.7 Å². The van der Waals surface area contributed by atoms with Gasteiger partial charge in [-0.15, -0.1) is 0 Å². The molecule has 0 saturated carbocycles. The molecule has 3 N–H and O–H groups in total. The first-order valence-electron chi connectivity index (χ1n) is 6.05. The zero-order valence-corrected chi connectivity index (χ0v) is 13.8. The van der Waals surface area contributed by atoms with Crippen molar-refractivity contribution < 1.29 is 12.8 Å². The maximum Gasteiger partial charge on any atom is 0.262 e. The Labute approximate surface area is 131 Å². The lowest BCUT2D eigenvalue weighted by molar-refractivity contribution is 0.599. The summed E-state index contributed by atoms with van der Waals surface area (Å²) in [4.78, 5) is -0.0766. The Morgan fingerprint density at radius 2 is 1.86 bits per heavy atom. The summed E-state index contributed by atoms with van der Waals surface area (Å²) in [7, 11) is -3.84. The highest BCUT2D eigenvalue weighted by Crippen LogP contribution is 2.27. The fourth-order valence-electron chi connectivity index (χ4n) is 1.84. The lowest BCUT2D eigenvalue weighted by Crippen LogP contribution is -2.14. The topological polar surface area (TPSA) is 72.2 Å². The van der Waals surface area contributed by atoms with Gasteiger partial charge in [0.15, 0.2) is 0 Å². The molecule has 0 fully saturated rings. The Bertz CT molecular complexity index is 784. The number of nitrogens with two attached hydrogens (primary N) is 1. The molecule has 0 aliphatic carbocycles. The van der Waals surface area contributed by atoms with Gasteiger partial charge in [-0.2, -0.15) is 0 Å². The standard InChI is InChI=1S/C14H14BrFN2O2S/c1-8-3-4-11(15)13(5-8)18-21(19,20)10-6-9(2)14(16)12(17)7-10/h3-7,18H,17H2,1-2H3. The number of hydrogen-bond acceptors (Lipinski definition) is 3. The average molecular weight is 373 g/mol. The van der Waals surface area contributed by atoms with Gasteiger partial charge in [-0.05, 0) is 65.2 Å². The molecule has 0 aromatic heterocycles. The molecule has 0 atom stereocenters. The van der Waals surface area contributed by atoms with Crippen LogP contribution in [-0.4, -0.2) is 8.42 Å². The van der Waals surface area contributed by atoms with Gasteiger partial charge in [-0.25, -0.2) is 12.8 Å². The molecule has 0 amide bonds. The highest BCUT2D eigenvalue weighted by molar-refractivity contribution is 9.10. The number of aryl methyl sites for hydroxylation is 2. The fourth-order valence-corrected chi connectivity index (χ4v) is 3.51. The summed E-state index contributed by atoms with van der Waals surface area (Å²) in [6.45, 7) is 3.32. The molecule has 0 aliphatic heterocycles. The lowest BCUT2D eigenvalue weighted by Gasteiger charge is -2.12. The predicted molar refractivity (Wildman–Crippen MR) is 85.2 cm³/mol. The van der Waals surface area contributed by atoms with Crippen LogP contribution in [0.4, 0.5) is 15.8 Å². The average Bonchev–Trinajstić information content (AvgIpc) is 2.39. The fraction of sp³-hybridized carbons (Fsp3) is 0.143. The molecule has 0 saturated heterocycles. The summed E-state index contributed by atoms with van der Waals surface area (Å²) in [5, 5.41) is 0. The minimum absolute atomic E-state index is 0.0766. The number of nitrogens with one attached hydrogen (secondary N) is 1. The Hall–Kier alpha value is -1.60. The minimum atomic E-state index is -3.84. The maximum absolute atomic E-state index is 13.5. The molecule has 2 aromatic rings. The highest BCUT2D eigenvalue weighted by Gasteiger charge is 2.18. The summed E-state index contributed by atoms with van der Waals surface area (Å²) in [5.41, 5.74) is 6.79. The van der Waals surface area contributed by atoms with Crippen molar-refractivity contribution in [2.75, 3.05) is 10.5 Å². The number of hydrogen-bond donors (Lipinski definition) is 2. The Kier molecular flexibility index (Phi) is 4.25. The van der Waals surface area contributed by atoms with Crippen LogP contribution in [0.1, 0.15) is 11.1 Å². The molecule has 0 aliphatic rings. The lowest BCUT2D eigenvalue weighted by atomic mass is 10.2. The number of benzene rings is 2. The van der Waals surface area contributed by atoms with E-state index in [1.165, 1.54) is 13.0 Å². The number of halogens is 2. The minimum Gasteiger partial charge on any atom is -0.396 e. The molecule has 0 heterocycles. The summed E-state index contributed by atoms with van der Waals surface area (Å²) in [6, 6.07) is 7.65. The van der Waals surface area contributed by atoms with Crippen molar-refractivity contribution in [3.8, 4) is 0 Å². The molecule has 112 valence electrons. The van der Waals surface area contributed by atoms with E-state index >= 15 is 0 Å². The molecule has 7 heteroatoms. The molecular formula is C14H14BrFN2O2S. The second-order valence-electron chi connectivity index (χ2n) is 4.73. The van der Waals surface area contributed by atoms with E-state index < -0.39 is 15.8 Å². The first-order valence-corrected chi connectivity index (χ1v) is 8.33. The van der Waals surface area contributed by atoms with Crippen molar-refractivity contribution in [3.63, 3.8) is 0 Å². The van der Waals surface area contributed by atoms with Crippen LogP contribution in [0, 0.1) is 19.7 Å². The molecule has 0 bridgehead atoms. The molecule has 4 nitrogen and oxygen atoms in total. The molecule has 2 aromatic carbocycles. The normalized spacial score (nSPS) is 11.4. The Balaban J connectivity index is 2.46. The number of sulfonamides is 1. The quantitative estimate of drug-likeness (QED) is 0.808. The van der Waals surface area contributed by atoms with Gasteiger partial charge >= 0.3 is 0 Å². The van der Waals surface area contributed by atoms with Crippen LogP contribution in [0.3, 0.4) is 0 Å². The molecule has 0 radical (unpaired) electrons. The zero-order valence-electron chi connectivity index (χ0n) is 11.4. The van der Waals surface area contributed by atoms with Gasteiger partial charge in [0.2, 0.25) is 0 Å². The van der Waals surface area contributed by atoms with Crippen molar-refractivity contribution >= 4 is 37.3 Å². The first-order chi connectivity index (χ1) is 9.70. The summed E-state index contributed by atoms with van der Waals surface area (Å²) in [5.74, 6) is -0.606. The molecule has 2 rings (SSSR count). The smallest absolute Gasteiger partial charge is 0.262 e. The molecular weight excluding hydrogens is 359 g/mol. The molecule has 21 heavy (non-hydrogen) atoms. The second-order valence-corrected chi connectivity index (χ2v) is 7.27. The van der Waals surface area contributed by atoms with Crippen molar-refractivity contribution in [1.82, 2.24) is 0 Å². The third kappa shape index (κ3) is 3.36. The van der Waals surface area contributed by atoms with Crippen LogP contribution in [0.5, 0.6) is 0 Å². The van der Waals surface area contributed by atoms with Gasteiger partial charge in [0.25, 0.3) is 10.0 Å². The zero-order chi connectivity index (χ0) is 15.8. The number of nitrogen functional groups attached to an aromatic ring is 1. The van der Waals surface area contributed by atoms with Crippen molar-refractivity contribution in [2.45, 2.75) is 18.7 Å². The van der Waals surface area contributed by atoms with Gasteiger partial charge in [-0.1, -0.05) is 6.07 Å². The number of rotatable bonds is 3. The summed E-state index contributed by atoms with van der Waals surface area (Å²) >= 11 is 3.28. The van der Waals surface area contributed by atoms with E-state index in [9.17, 15) is 12.8 Å². The van der Waals surface area contributed by atoms with Crippen LogP contribution >= 0.6 is 15.9 Å². The van der Waals surface area contributed by atoms with Gasteiger partial charge in [0.05, 0.1) is 16.3 Å². The maximum atomic E-state index is 13.5. The van der Waals surface area contributed by atoms with E-state index in [1.807, 2.05) is 13.0 Å². The van der Waals surface area contributed by atoms with E-state index in [-0.39, 0.29) is 16.1 Å². The third-order valence-electron chi connectivity index (χ3n) is 2.93. The van der Waals surface area contributed by atoms with E-state index in [0.717, 1.165) is 11.6 Å². The van der Waals surface area contributed by atoms with E-state index in [0.29, 0.717) is 10.2 Å². The number of anilines is 2. The highest BCUT2D eigenvalue weighted by atomic mass is 79.9. The van der Waals surface area contributed by atoms with Crippen LogP contribution in [0.2, 0.25) is 0 Å². The second kappa shape index (κ2) is 5.65. The van der Waals surface area contributed by atoms with Crippen LogP contribution in [0.15, 0.2) is 39.7 Å². The van der Waals surface area contributed by atoms with Crippen LogP contribution in [0.25, 0.3) is 0 Å². The Morgan fingerprint density at radius 1 is 1.19 bits per heavy atom. The van der Waals surface area contributed by atoms with E-state index in [4.69, 9.17) is 5.73 Å². The van der Waals surface area contributed by atoms with Crippen molar-refractivity contribution in [1.29, 1.82) is 0 Å². The van der Waals surface area contributed by atoms with E-state index in [2.05, 4.69) is 20.7 Å². The van der Waals surface area contributed by atoms with E-state index in [1.54, 1.807) is 12.1 Å². The monoisotopic (exact) mass is 372 g/mol. The molecule has 0 spiro atoms. The van der Waals surface area contributed by atoms with Gasteiger partial charge in [0, 0.05) is 4.47 Å². The van der Waals surface area contributed by atoms with Crippen LogP contribution in [-0.2, 0) is 10.0 Å². The van der Waals surface area contributed by atoms with Crippen LogP contribution < -0.4 is 10.5 Å². The van der Waals surface area contributed by atoms with Gasteiger partial charge in [-0.3, -0.25) is 4.72 Å². The first kappa shape index (κ1) is 15.8. The largest absolute Gasteiger partial charge is 0.396 e. The third-order valence-corrected chi connectivity index (χ3v) is 4.97. The van der Waals surface area contributed by atoms with Gasteiger partial charge in [0.1, 0.15) is 5.82 Å². The van der Waals surface area contributed by atoms with Gasteiger partial charge < -0.3 is 5.73 Å². The summed E-state index contributed by atoms with van der Waals surface area (Å²) in [6.07, 6.45) is 0. The Morgan fingerprint density at radius 3 is 2.48 bits per heavy atom. The SMILES string of the molecule is Cc1ccc(Br)c(NS(=O)(=O)c2cc(C)c(F)c(N)c2)c1. The predicted octanol–water partition coefficient (Wildman–Crippen LogP) is 3.59. The van der Waals surface area contributed by atoms with Crippen molar-refractivity contribution in [2.24, 2.45) is 0 Å². The summed E-state index contributed by atoms with van der Waals surface area (Å²) < 4.78 is 41.3.